The summed E-state index contributed by atoms with van der Waals surface area (Å²) in [4.78, 5) is 24.2. The van der Waals surface area contributed by atoms with Crippen LogP contribution in [0.25, 0.3) is 0 Å². The highest BCUT2D eigenvalue weighted by atomic mass is 16.4. The van der Waals surface area contributed by atoms with Gasteiger partial charge in [0.1, 0.15) is 0 Å². The summed E-state index contributed by atoms with van der Waals surface area (Å²) in [5, 5.41) is 14.1. The van der Waals surface area contributed by atoms with Crippen LogP contribution in [0.15, 0.2) is 0 Å². The van der Waals surface area contributed by atoms with Crippen LogP contribution in [0.3, 0.4) is 0 Å². The van der Waals surface area contributed by atoms with Gasteiger partial charge in [-0.05, 0) is 34.4 Å². The minimum atomic E-state index is -0.907. The number of nitrogens with one attached hydrogen (secondary N) is 2. The summed E-state index contributed by atoms with van der Waals surface area (Å²) in [7, 11) is 3.89. The molecule has 0 radical (unpaired) electrons. The maximum atomic E-state index is 11.6. The lowest BCUT2D eigenvalue weighted by molar-refractivity contribution is -0.137. The first-order chi connectivity index (χ1) is 8.19. The average Bonchev–Trinajstić information content (AvgIpc) is 2.24. The molecule has 0 spiro atoms. The van der Waals surface area contributed by atoms with E-state index in [0.717, 1.165) is 0 Å². The average molecular weight is 259 g/mol. The number of likely N-dealkylation sites (N-methyl/N-ethyl adjacent to an activating group) is 1. The normalized spacial score (nSPS) is 13.2. The number of urea groups is 1. The van der Waals surface area contributed by atoms with Crippen molar-refractivity contribution in [3.05, 3.63) is 0 Å². The molecule has 6 heteroatoms. The van der Waals surface area contributed by atoms with Gasteiger partial charge in [0.2, 0.25) is 0 Å². The largest absolute Gasteiger partial charge is 0.481 e. The number of nitrogens with zero attached hydrogens (tertiary/aromatic N) is 1. The van der Waals surface area contributed by atoms with Crippen molar-refractivity contribution in [2.45, 2.75) is 45.2 Å². The van der Waals surface area contributed by atoms with Crippen LogP contribution in [-0.4, -0.2) is 54.2 Å². The SMILES string of the molecule is CCC(CC(=O)O)NC(=O)NCC(C)(C)N(C)C. The van der Waals surface area contributed by atoms with Crippen LogP contribution in [0.2, 0.25) is 0 Å². The Kier molecular flexibility index (Phi) is 6.68. The molecule has 0 fully saturated rings. The molecule has 0 aliphatic carbocycles. The fourth-order valence-electron chi connectivity index (χ4n) is 1.20. The highest BCUT2D eigenvalue weighted by Crippen LogP contribution is 2.07. The van der Waals surface area contributed by atoms with E-state index in [1.165, 1.54) is 0 Å². The van der Waals surface area contributed by atoms with Gasteiger partial charge in [-0.3, -0.25) is 4.79 Å². The van der Waals surface area contributed by atoms with E-state index in [2.05, 4.69) is 10.6 Å². The molecule has 0 aromatic heterocycles. The first kappa shape index (κ1) is 16.7. The predicted octanol–water partition coefficient (Wildman–Crippen LogP) is 0.879. The van der Waals surface area contributed by atoms with Crippen molar-refractivity contribution >= 4 is 12.0 Å². The number of hydrogen-bond donors (Lipinski definition) is 3. The second kappa shape index (κ2) is 7.20. The van der Waals surface area contributed by atoms with Crippen molar-refractivity contribution < 1.29 is 14.7 Å². The summed E-state index contributed by atoms with van der Waals surface area (Å²) in [6.07, 6.45) is 0.539. The monoisotopic (exact) mass is 259 g/mol. The van der Waals surface area contributed by atoms with Gasteiger partial charge in [-0.15, -0.1) is 0 Å². The second-order valence-corrected chi connectivity index (χ2v) is 5.24. The topological polar surface area (TPSA) is 81.7 Å². The van der Waals surface area contributed by atoms with Crippen molar-refractivity contribution in [3.8, 4) is 0 Å². The fraction of sp³-hybridized carbons (Fsp3) is 0.833. The molecule has 0 saturated heterocycles. The molecular formula is C12H25N3O3. The molecule has 0 aromatic carbocycles. The molecule has 0 bridgehead atoms. The van der Waals surface area contributed by atoms with Crippen molar-refractivity contribution in [2.24, 2.45) is 0 Å². The Labute approximate surface area is 109 Å². The number of carbonyl (C=O) groups excluding carboxylic acids is 1. The molecule has 0 saturated carbocycles. The molecule has 2 amide bonds. The van der Waals surface area contributed by atoms with Crippen LogP contribution >= 0.6 is 0 Å². The van der Waals surface area contributed by atoms with Crippen LogP contribution in [0.4, 0.5) is 4.79 Å². The molecule has 18 heavy (non-hydrogen) atoms. The van der Waals surface area contributed by atoms with E-state index in [4.69, 9.17) is 5.11 Å². The third kappa shape index (κ3) is 6.44. The summed E-state index contributed by atoms with van der Waals surface area (Å²) in [5.41, 5.74) is -0.147. The van der Waals surface area contributed by atoms with Gasteiger partial charge in [0, 0.05) is 18.1 Å². The molecule has 3 N–H and O–H groups in total. The molecule has 0 aliphatic rings. The molecule has 0 rings (SSSR count). The maximum Gasteiger partial charge on any atom is 0.315 e. The first-order valence-corrected chi connectivity index (χ1v) is 6.12. The Morgan fingerprint density at radius 2 is 1.89 bits per heavy atom. The second-order valence-electron chi connectivity index (χ2n) is 5.24. The number of amides is 2. The predicted molar refractivity (Wildman–Crippen MR) is 70.6 cm³/mol. The van der Waals surface area contributed by atoms with Gasteiger partial charge < -0.3 is 20.6 Å². The number of carbonyl (C=O) groups is 2. The van der Waals surface area contributed by atoms with Crippen LogP contribution in [0.1, 0.15) is 33.6 Å². The standard InChI is InChI=1S/C12H25N3O3/c1-6-9(7-10(16)17)14-11(18)13-8-12(2,3)15(4)5/h9H,6-8H2,1-5H3,(H,16,17)(H2,13,14,18). The van der Waals surface area contributed by atoms with Crippen LogP contribution in [0.5, 0.6) is 0 Å². The lowest BCUT2D eigenvalue weighted by atomic mass is 10.0. The highest BCUT2D eigenvalue weighted by Gasteiger charge is 2.21. The molecule has 106 valence electrons. The van der Waals surface area contributed by atoms with Crippen molar-refractivity contribution in [1.29, 1.82) is 0 Å². The number of hydrogen-bond acceptors (Lipinski definition) is 3. The van der Waals surface area contributed by atoms with Crippen molar-refractivity contribution in [3.63, 3.8) is 0 Å². The number of rotatable bonds is 7. The molecular weight excluding hydrogens is 234 g/mol. The van der Waals surface area contributed by atoms with E-state index in [1.54, 1.807) is 0 Å². The first-order valence-electron chi connectivity index (χ1n) is 6.12. The van der Waals surface area contributed by atoms with Crippen LogP contribution in [0, 0.1) is 0 Å². The highest BCUT2D eigenvalue weighted by molar-refractivity contribution is 5.75. The zero-order valence-corrected chi connectivity index (χ0v) is 11.9. The molecule has 6 nitrogen and oxygen atoms in total. The van der Waals surface area contributed by atoms with Gasteiger partial charge in [0.25, 0.3) is 0 Å². The van der Waals surface area contributed by atoms with Gasteiger partial charge >= 0.3 is 12.0 Å². The summed E-state index contributed by atoms with van der Waals surface area (Å²) in [6, 6.07) is -0.650. The molecule has 0 aromatic rings. The fourth-order valence-corrected chi connectivity index (χ4v) is 1.20. The van der Waals surface area contributed by atoms with Gasteiger partial charge in [-0.1, -0.05) is 6.92 Å². The van der Waals surface area contributed by atoms with Gasteiger partial charge in [-0.25, -0.2) is 4.79 Å². The van der Waals surface area contributed by atoms with E-state index >= 15 is 0 Å². The molecule has 1 atom stereocenters. The lowest BCUT2D eigenvalue weighted by Gasteiger charge is -2.32. The minimum absolute atomic E-state index is 0.0546. The van der Waals surface area contributed by atoms with Crippen molar-refractivity contribution in [1.82, 2.24) is 15.5 Å². The van der Waals surface area contributed by atoms with E-state index in [0.29, 0.717) is 13.0 Å². The quantitative estimate of drug-likeness (QED) is 0.634. The van der Waals surface area contributed by atoms with E-state index in [9.17, 15) is 9.59 Å². The summed E-state index contributed by atoms with van der Waals surface area (Å²) in [6.45, 7) is 6.37. The van der Waals surface area contributed by atoms with E-state index in [1.807, 2.05) is 39.8 Å². The zero-order chi connectivity index (χ0) is 14.3. The Hall–Kier alpha value is -1.30. The summed E-state index contributed by atoms with van der Waals surface area (Å²) >= 11 is 0. The summed E-state index contributed by atoms with van der Waals surface area (Å²) < 4.78 is 0. The van der Waals surface area contributed by atoms with E-state index < -0.39 is 5.97 Å². The van der Waals surface area contributed by atoms with Gasteiger partial charge in [0.05, 0.1) is 6.42 Å². The maximum absolute atomic E-state index is 11.6. The van der Waals surface area contributed by atoms with Crippen molar-refractivity contribution in [2.75, 3.05) is 20.6 Å². The third-order valence-electron chi connectivity index (χ3n) is 3.14. The van der Waals surface area contributed by atoms with Gasteiger partial charge in [-0.2, -0.15) is 0 Å². The Bertz CT molecular complexity index is 290. The molecule has 0 aliphatic heterocycles. The Morgan fingerprint density at radius 3 is 2.28 bits per heavy atom. The lowest BCUT2D eigenvalue weighted by Crippen LogP contribution is -2.51. The Balaban J connectivity index is 4.14. The smallest absolute Gasteiger partial charge is 0.315 e. The number of carboxylic acid groups (broad SMARTS) is 1. The summed E-state index contributed by atoms with van der Waals surface area (Å²) in [5.74, 6) is -0.907. The van der Waals surface area contributed by atoms with Crippen LogP contribution in [-0.2, 0) is 4.79 Å². The third-order valence-corrected chi connectivity index (χ3v) is 3.14. The number of aliphatic carboxylic acids is 1. The Morgan fingerprint density at radius 1 is 1.33 bits per heavy atom. The van der Waals surface area contributed by atoms with E-state index in [-0.39, 0.29) is 24.0 Å². The van der Waals surface area contributed by atoms with Gasteiger partial charge in [0.15, 0.2) is 0 Å². The minimum Gasteiger partial charge on any atom is -0.481 e. The zero-order valence-electron chi connectivity index (χ0n) is 11.9. The van der Waals surface area contributed by atoms with Crippen LogP contribution < -0.4 is 10.6 Å². The number of carboxylic acids is 1. The molecule has 0 heterocycles. The molecule has 1 unspecified atom stereocenters.